The van der Waals surface area contributed by atoms with Crippen molar-refractivity contribution >= 4 is 0 Å². The fourth-order valence-electron chi connectivity index (χ4n) is 5.66. The standard InChI is InChI=1S/C34H70/c1-6-8-10-12-13-15-18-22-27-32(3)28-23-19-16-14-17-20-24-29-34(5)31-25-30-33(4)26-21-11-9-7-2/h32-34H,6-31H2,1-5H3. The van der Waals surface area contributed by atoms with Crippen molar-refractivity contribution in [3.63, 3.8) is 0 Å². The van der Waals surface area contributed by atoms with Gasteiger partial charge in [-0.05, 0) is 17.8 Å². The molecule has 34 heavy (non-hydrogen) atoms. The summed E-state index contributed by atoms with van der Waals surface area (Å²) in [6.07, 6.45) is 38.0. The van der Waals surface area contributed by atoms with Crippen LogP contribution in [0.4, 0.5) is 0 Å². The van der Waals surface area contributed by atoms with Gasteiger partial charge >= 0.3 is 0 Å². The highest BCUT2D eigenvalue weighted by molar-refractivity contribution is 4.60. The van der Waals surface area contributed by atoms with Crippen molar-refractivity contribution < 1.29 is 0 Å². The summed E-state index contributed by atoms with van der Waals surface area (Å²) in [5.74, 6) is 2.87. The molecule has 3 unspecified atom stereocenters. The van der Waals surface area contributed by atoms with E-state index in [2.05, 4.69) is 34.6 Å². The molecule has 0 bridgehead atoms. The van der Waals surface area contributed by atoms with Crippen LogP contribution in [0.25, 0.3) is 0 Å². The van der Waals surface area contributed by atoms with Gasteiger partial charge < -0.3 is 0 Å². The molecule has 0 saturated heterocycles. The van der Waals surface area contributed by atoms with Gasteiger partial charge in [-0.25, -0.2) is 0 Å². The molecule has 0 heteroatoms. The van der Waals surface area contributed by atoms with Crippen molar-refractivity contribution in [2.75, 3.05) is 0 Å². The van der Waals surface area contributed by atoms with Crippen molar-refractivity contribution in [1.82, 2.24) is 0 Å². The van der Waals surface area contributed by atoms with Crippen LogP contribution in [0.5, 0.6) is 0 Å². The van der Waals surface area contributed by atoms with Gasteiger partial charge in [-0.1, -0.05) is 202 Å². The maximum atomic E-state index is 2.50. The van der Waals surface area contributed by atoms with Crippen molar-refractivity contribution in [1.29, 1.82) is 0 Å². The van der Waals surface area contributed by atoms with Crippen LogP contribution in [0.3, 0.4) is 0 Å². The zero-order valence-corrected chi connectivity index (χ0v) is 25.1. The Morgan fingerprint density at radius 1 is 0.265 bits per heavy atom. The molecule has 3 atom stereocenters. The predicted molar refractivity (Wildman–Crippen MR) is 159 cm³/mol. The van der Waals surface area contributed by atoms with E-state index >= 15 is 0 Å². The lowest BCUT2D eigenvalue weighted by Crippen LogP contribution is -1.99. The second-order valence-corrected chi connectivity index (χ2v) is 12.4. The van der Waals surface area contributed by atoms with E-state index in [1.165, 1.54) is 167 Å². The number of unbranched alkanes of at least 4 members (excludes halogenated alkanes) is 16. The van der Waals surface area contributed by atoms with Crippen LogP contribution in [0.1, 0.15) is 202 Å². The van der Waals surface area contributed by atoms with Crippen LogP contribution >= 0.6 is 0 Å². The minimum Gasteiger partial charge on any atom is -0.0654 e. The third kappa shape index (κ3) is 26.6. The van der Waals surface area contributed by atoms with Gasteiger partial charge in [0.1, 0.15) is 0 Å². The number of hydrogen-bond acceptors (Lipinski definition) is 0. The highest BCUT2D eigenvalue weighted by atomic mass is 14.1. The van der Waals surface area contributed by atoms with Crippen molar-refractivity contribution in [3.05, 3.63) is 0 Å². The van der Waals surface area contributed by atoms with Gasteiger partial charge in [0.2, 0.25) is 0 Å². The number of rotatable bonds is 28. The van der Waals surface area contributed by atoms with E-state index in [9.17, 15) is 0 Å². The van der Waals surface area contributed by atoms with Gasteiger partial charge in [0, 0.05) is 0 Å². The zero-order chi connectivity index (χ0) is 25.1. The molecule has 0 aromatic heterocycles. The third-order valence-electron chi connectivity index (χ3n) is 8.39. The summed E-state index contributed by atoms with van der Waals surface area (Å²) >= 11 is 0. The molecule has 0 spiro atoms. The van der Waals surface area contributed by atoms with E-state index in [1.54, 1.807) is 0 Å². The molecule has 0 aliphatic heterocycles. The lowest BCUT2D eigenvalue weighted by Gasteiger charge is -2.14. The molecule has 0 rings (SSSR count). The zero-order valence-electron chi connectivity index (χ0n) is 25.1. The van der Waals surface area contributed by atoms with Crippen LogP contribution < -0.4 is 0 Å². The smallest absolute Gasteiger partial charge is 0.0443 e. The van der Waals surface area contributed by atoms with Gasteiger partial charge in [0.15, 0.2) is 0 Å². The van der Waals surface area contributed by atoms with Crippen LogP contribution in [-0.2, 0) is 0 Å². The average Bonchev–Trinajstić information content (AvgIpc) is 2.82. The summed E-state index contributed by atoms with van der Waals surface area (Å²) in [4.78, 5) is 0. The van der Waals surface area contributed by atoms with Crippen LogP contribution in [0.15, 0.2) is 0 Å². The van der Waals surface area contributed by atoms with E-state index in [-0.39, 0.29) is 0 Å². The fourth-order valence-corrected chi connectivity index (χ4v) is 5.66. The largest absolute Gasteiger partial charge is 0.0654 e. The van der Waals surface area contributed by atoms with E-state index in [0.29, 0.717) is 0 Å². The van der Waals surface area contributed by atoms with Crippen molar-refractivity contribution in [3.8, 4) is 0 Å². The summed E-state index contributed by atoms with van der Waals surface area (Å²) in [5, 5.41) is 0. The molecule has 0 amide bonds. The minimum absolute atomic E-state index is 0.954. The Morgan fingerprint density at radius 2 is 0.471 bits per heavy atom. The highest BCUT2D eigenvalue weighted by Gasteiger charge is 2.06. The van der Waals surface area contributed by atoms with E-state index in [1.807, 2.05) is 0 Å². The monoisotopic (exact) mass is 479 g/mol. The first-order valence-electron chi connectivity index (χ1n) is 16.6. The average molecular weight is 479 g/mol. The third-order valence-corrected chi connectivity index (χ3v) is 8.39. The Balaban J connectivity index is 3.31. The van der Waals surface area contributed by atoms with Gasteiger partial charge in [-0.2, -0.15) is 0 Å². The highest BCUT2D eigenvalue weighted by Crippen LogP contribution is 2.22. The summed E-state index contributed by atoms with van der Waals surface area (Å²) in [5.41, 5.74) is 0. The first-order chi connectivity index (χ1) is 16.6. The minimum atomic E-state index is 0.954. The molecule has 0 heterocycles. The van der Waals surface area contributed by atoms with Crippen LogP contribution in [0.2, 0.25) is 0 Å². The predicted octanol–water partition coefficient (Wildman–Crippen LogP) is 13.1. The molecule has 0 aliphatic rings. The molecular weight excluding hydrogens is 408 g/mol. The maximum absolute atomic E-state index is 2.50. The topological polar surface area (TPSA) is 0 Å². The Kier molecular flexibility index (Phi) is 27.6. The van der Waals surface area contributed by atoms with E-state index in [4.69, 9.17) is 0 Å². The molecular formula is C34H70. The van der Waals surface area contributed by atoms with E-state index in [0.717, 1.165) is 17.8 Å². The fraction of sp³-hybridized carbons (Fsp3) is 1.00. The summed E-state index contributed by atoms with van der Waals surface area (Å²) in [6.45, 7) is 12.1. The molecule has 0 saturated carbocycles. The van der Waals surface area contributed by atoms with Gasteiger partial charge in [0.25, 0.3) is 0 Å². The second-order valence-electron chi connectivity index (χ2n) is 12.4. The van der Waals surface area contributed by atoms with Crippen molar-refractivity contribution in [2.24, 2.45) is 17.8 Å². The second kappa shape index (κ2) is 27.6. The molecule has 0 aromatic rings. The molecule has 0 aromatic carbocycles. The lowest BCUT2D eigenvalue weighted by atomic mass is 9.92. The summed E-state index contributed by atoms with van der Waals surface area (Å²) < 4.78 is 0. The Morgan fingerprint density at radius 3 is 0.765 bits per heavy atom. The van der Waals surface area contributed by atoms with Crippen LogP contribution in [-0.4, -0.2) is 0 Å². The Hall–Kier alpha value is 0. The van der Waals surface area contributed by atoms with Crippen LogP contribution in [0, 0.1) is 17.8 Å². The summed E-state index contributed by atoms with van der Waals surface area (Å²) in [6, 6.07) is 0. The van der Waals surface area contributed by atoms with Gasteiger partial charge in [0.05, 0.1) is 0 Å². The first kappa shape index (κ1) is 34.0. The quantitative estimate of drug-likeness (QED) is 0.0980. The molecule has 0 fully saturated rings. The molecule has 0 N–H and O–H groups in total. The first-order valence-corrected chi connectivity index (χ1v) is 16.6. The molecule has 0 nitrogen and oxygen atoms in total. The van der Waals surface area contributed by atoms with Gasteiger partial charge in [-0.15, -0.1) is 0 Å². The van der Waals surface area contributed by atoms with Crippen molar-refractivity contribution in [2.45, 2.75) is 202 Å². The Labute approximate surface area is 219 Å². The molecule has 206 valence electrons. The Bertz CT molecular complexity index is 359. The molecule has 0 aliphatic carbocycles. The maximum Gasteiger partial charge on any atom is -0.0443 e. The van der Waals surface area contributed by atoms with Gasteiger partial charge in [-0.3, -0.25) is 0 Å². The normalized spacial score (nSPS) is 14.4. The lowest BCUT2D eigenvalue weighted by molar-refractivity contribution is 0.391. The SMILES string of the molecule is CCCCCCCCCCC(C)CCCCCCCCCC(C)CCCC(C)CCCCCC. The van der Waals surface area contributed by atoms with E-state index < -0.39 is 0 Å². The molecule has 0 radical (unpaired) electrons. The summed E-state index contributed by atoms with van der Waals surface area (Å²) in [7, 11) is 0. The number of hydrogen-bond donors (Lipinski definition) is 0.